The summed E-state index contributed by atoms with van der Waals surface area (Å²) < 4.78 is 1.64. The lowest BCUT2D eigenvalue weighted by molar-refractivity contribution is 0.270. The van der Waals surface area contributed by atoms with Crippen molar-refractivity contribution in [3.05, 3.63) is 77.0 Å². The summed E-state index contributed by atoms with van der Waals surface area (Å²) in [5, 5.41) is 12.4. The van der Waals surface area contributed by atoms with Crippen molar-refractivity contribution in [2.24, 2.45) is 0 Å². The zero-order valence-corrected chi connectivity index (χ0v) is 16.0. The van der Waals surface area contributed by atoms with Crippen LogP contribution in [0.15, 0.2) is 65.6 Å². The quantitative estimate of drug-likeness (QED) is 0.583. The molecule has 1 fully saturated rings. The van der Waals surface area contributed by atoms with Gasteiger partial charge in [0.05, 0.1) is 30.1 Å². The minimum atomic E-state index is -0.105. The number of hydrogen-bond acceptors (Lipinski definition) is 5. The number of aliphatic hydroxyl groups excluding tert-OH is 1. The number of rotatable bonds is 4. The van der Waals surface area contributed by atoms with E-state index in [-0.39, 0.29) is 24.8 Å². The van der Waals surface area contributed by atoms with Crippen molar-refractivity contribution in [1.29, 1.82) is 0 Å². The standard InChI is InChI=1S/C23H22N4O2/c28-15-14-27-22(25-19-9-4-3-8-18(19)23(27)29)20-10-5-13-26(20)21-17-7-2-1-6-16(17)11-12-24-21/h1-4,6-9,11-12,20,28H,5,10,13-15H2. The smallest absolute Gasteiger partial charge is 0.261 e. The highest BCUT2D eigenvalue weighted by Crippen LogP contribution is 2.37. The number of aromatic nitrogens is 3. The zero-order chi connectivity index (χ0) is 19.8. The van der Waals surface area contributed by atoms with Gasteiger partial charge in [-0.25, -0.2) is 9.97 Å². The van der Waals surface area contributed by atoms with Gasteiger partial charge in [0.2, 0.25) is 0 Å². The van der Waals surface area contributed by atoms with Crippen LogP contribution in [0.2, 0.25) is 0 Å². The van der Waals surface area contributed by atoms with Crippen LogP contribution in [0.3, 0.4) is 0 Å². The van der Waals surface area contributed by atoms with Crippen molar-refractivity contribution in [3.8, 4) is 0 Å². The molecule has 6 nitrogen and oxygen atoms in total. The summed E-state index contributed by atoms with van der Waals surface area (Å²) in [6.07, 6.45) is 3.72. The number of pyridine rings is 1. The third kappa shape index (κ3) is 2.96. The lowest BCUT2D eigenvalue weighted by atomic mass is 10.1. The summed E-state index contributed by atoms with van der Waals surface area (Å²) in [7, 11) is 0. The van der Waals surface area contributed by atoms with Gasteiger partial charge in [-0.1, -0.05) is 36.4 Å². The number of aliphatic hydroxyl groups is 1. The maximum absolute atomic E-state index is 13.1. The first-order valence-electron chi connectivity index (χ1n) is 9.98. The lowest BCUT2D eigenvalue weighted by Crippen LogP contribution is -2.33. The van der Waals surface area contributed by atoms with Crippen LogP contribution in [-0.2, 0) is 6.54 Å². The van der Waals surface area contributed by atoms with Gasteiger partial charge in [0, 0.05) is 18.1 Å². The second-order valence-electron chi connectivity index (χ2n) is 7.37. The van der Waals surface area contributed by atoms with E-state index in [9.17, 15) is 9.90 Å². The van der Waals surface area contributed by atoms with Crippen LogP contribution in [0.5, 0.6) is 0 Å². The van der Waals surface area contributed by atoms with Crippen molar-refractivity contribution >= 4 is 27.5 Å². The second kappa shape index (κ2) is 7.29. The van der Waals surface area contributed by atoms with Gasteiger partial charge in [-0.05, 0) is 36.4 Å². The van der Waals surface area contributed by atoms with Crippen LogP contribution in [0.4, 0.5) is 5.82 Å². The predicted molar refractivity (Wildman–Crippen MR) is 114 cm³/mol. The summed E-state index contributed by atoms with van der Waals surface area (Å²) in [5.74, 6) is 1.62. The van der Waals surface area contributed by atoms with Crippen molar-refractivity contribution in [2.75, 3.05) is 18.1 Å². The molecule has 0 radical (unpaired) electrons. The topological polar surface area (TPSA) is 71.2 Å². The predicted octanol–water partition coefficient (Wildman–Crippen LogP) is 3.28. The van der Waals surface area contributed by atoms with Gasteiger partial charge >= 0.3 is 0 Å². The Morgan fingerprint density at radius 1 is 1.03 bits per heavy atom. The monoisotopic (exact) mass is 386 g/mol. The molecule has 3 heterocycles. The first-order chi connectivity index (χ1) is 14.3. The Balaban J connectivity index is 1.69. The molecule has 1 atom stereocenters. The Bertz CT molecular complexity index is 1250. The normalized spacial score (nSPS) is 16.7. The maximum Gasteiger partial charge on any atom is 0.261 e. The molecule has 1 aliphatic rings. The zero-order valence-electron chi connectivity index (χ0n) is 16.0. The number of fused-ring (bicyclic) bond motifs is 2. The molecule has 6 heteroatoms. The average Bonchev–Trinajstić information content (AvgIpc) is 3.25. The minimum absolute atomic E-state index is 0.0582. The van der Waals surface area contributed by atoms with Gasteiger partial charge in [0.15, 0.2) is 0 Å². The van der Waals surface area contributed by atoms with Gasteiger partial charge < -0.3 is 10.0 Å². The molecule has 29 heavy (non-hydrogen) atoms. The minimum Gasteiger partial charge on any atom is -0.395 e. The Hall–Kier alpha value is -3.25. The van der Waals surface area contributed by atoms with Gasteiger partial charge in [-0.2, -0.15) is 0 Å². The molecule has 1 aliphatic heterocycles. The molecule has 2 aromatic carbocycles. The maximum atomic E-state index is 13.1. The Kier molecular flexibility index (Phi) is 4.48. The molecule has 1 saturated heterocycles. The second-order valence-corrected chi connectivity index (χ2v) is 7.37. The van der Waals surface area contributed by atoms with Crippen LogP contribution >= 0.6 is 0 Å². The Morgan fingerprint density at radius 3 is 2.69 bits per heavy atom. The average molecular weight is 386 g/mol. The fourth-order valence-corrected chi connectivity index (χ4v) is 4.38. The van der Waals surface area contributed by atoms with Crippen LogP contribution in [0, 0.1) is 0 Å². The number of anilines is 1. The highest BCUT2D eigenvalue weighted by molar-refractivity contribution is 5.92. The number of benzene rings is 2. The van der Waals surface area contributed by atoms with Crippen LogP contribution in [-0.4, -0.2) is 32.8 Å². The number of nitrogens with zero attached hydrogens (tertiary/aromatic N) is 4. The Morgan fingerprint density at radius 2 is 1.83 bits per heavy atom. The fourth-order valence-electron chi connectivity index (χ4n) is 4.38. The molecular formula is C23H22N4O2. The van der Waals surface area contributed by atoms with E-state index in [4.69, 9.17) is 4.98 Å². The van der Waals surface area contributed by atoms with Gasteiger partial charge in [0.25, 0.3) is 5.56 Å². The molecule has 1 N–H and O–H groups in total. The summed E-state index contributed by atoms with van der Waals surface area (Å²) >= 11 is 0. The third-order valence-electron chi connectivity index (χ3n) is 5.69. The van der Waals surface area contributed by atoms with E-state index >= 15 is 0 Å². The lowest BCUT2D eigenvalue weighted by Gasteiger charge is -2.28. The van der Waals surface area contributed by atoms with Crippen molar-refractivity contribution in [3.63, 3.8) is 0 Å². The SMILES string of the molecule is O=c1c2ccccc2nc(C2CCCN2c2nccc3ccccc23)n1CCO. The van der Waals surface area contributed by atoms with E-state index in [1.54, 1.807) is 10.6 Å². The fraction of sp³-hybridized carbons (Fsp3) is 0.261. The molecule has 0 aliphatic carbocycles. The molecule has 1 unspecified atom stereocenters. The van der Waals surface area contributed by atoms with Crippen LogP contribution < -0.4 is 10.5 Å². The summed E-state index contributed by atoms with van der Waals surface area (Å²) in [6, 6.07) is 17.6. The highest BCUT2D eigenvalue weighted by atomic mass is 16.3. The molecule has 0 spiro atoms. The number of hydrogen-bond donors (Lipinski definition) is 1. The van der Waals surface area contributed by atoms with Crippen molar-refractivity contribution < 1.29 is 5.11 Å². The summed E-state index contributed by atoms with van der Waals surface area (Å²) in [4.78, 5) is 24.9. The van der Waals surface area contributed by atoms with E-state index in [0.717, 1.165) is 36.0 Å². The first kappa shape index (κ1) is 17.8. The van der Waals surface area contributed by atoms with Crippen molar-refractivity contribution in [1.82, 2.24) is 14.5 Å². The van der Waals surface area contributed by atoms with E-state index in [2.05, 4.69) is 22.0 Å². The van der Waals surface area contributed by atoms with Gasteiger partial charge in [-0.3, -0.25) is 9.36 Å². The van der Waals surface area contributed by atoms with E-state index in [0.29, 0.717) is 16.7 Å². The molecule has 146 valence electrons. The van der Waals surface area contributed by atoms with E-state index in [1.807, 2.05) is 42.6 Å². The van der Waals surface area contributed by atoms with E-state index in [1.165, 1.54) is 0 Å². The highest BCUT2D eigenvalue weighted by Gasteiger charge is 2.32. The Labute approximate surface area is 168 Å². The molecule has 0 bridgehead atoms. The summed E-state index contributed by atoms with van der Waals surface area (Å²) in [6.45, 7) is 0.985. The largest absolute Gasteiger partial charge is 0.395 e. The first-order valence-corrected chi connectivity index (χ1v) is 9.98. The molecule has 0 saturated carbocycles. The summed E-state index contributed by atoms with van der Waals surface area (Å²) in [5.41, 5.74) is 0.594. The molecular weight excluding hydrogens is 364 g/mol. The van der Waals surface area contributed by atoms with Gasteiger partial charge in [0.1, 0.15) is 11.6 Å². The molecule has 4 aromatic rings. The van der Waals surface area contributed by atoms with Crippen LogP contribution in [0.25, 0.3) is 21.7 Å². The number of para-hydroxylation sites is 1. The third-order valence-corrected chi connectivity index (χ3v) is 5.69. The molecule has 5 rings (SSSR count). The van der Waals surface area contributed by atoms with Crippen molar-refractivity contribution in [2.45, 2.75) is 25.4 Å². The molecule has 2 aromatic heterocycles. The molecule has 0 amide bonds. The van der Waals surface area contributed by atoms with Gasteiger partial charge in [-0.15, -0.1) is 0 Å². The van der Waals surface area contributed by atoms with E-state index < -0.39 is 0 Å². The van der Waals surface area contributed by atoms with Crippen LogP contribution in [0.1, 0.15) is 24.7 Å².